The molecule has 3 nitrogen and oxygen atoms in total. The minimum Gasteiger partial charge on any atom is -0.279 e. The zero-order chi connectivity index (χ0) is 11.7. The third kappa shape index (κ3) is 2.00. The third-order valence-electron chi connectivity index (χ3n) is 3.82. The highest BCUT2D eigenvalue weighted by atomic mass is 16.2. The summed E-state index contributed by atoms with van der Waals surface area (Å²) in [5, 5.41) is 0. The first-order valence-electron chi connectivity index (χ1n) is 6.53. The summed E-state index contributed by atoms with van der Waals surface area (Å²) in [6.07, 6.45) is 6.60. The van der Waals surface area contributed by atoms with Gasteiger partial charge in [-0.1, -0.05) is 32.6 Å². The number of unbranched alkanes of at least 4 members (excludes halogenated alkanes) is 3. The number of rotatable bonds is 6. The summed E-state index contributed by atoms with van der Waals surface area (Å²) in [7, 11) is 0. The molecule has 3 atom stereocenters. The smallest absolute Gasteiger partial charge is 0.233 e. The fourth-order valence-corrected chi connectivity index (χ4v) is 2.64. The second-order valence-corrected chi connectivity index (χ2v) is 5.19. The summed E-state index contributed by atoms with van der Waals surface area (Å²) in [6, 6.07) is 0.115. The molecule has 16 heavy (non-hydrogen) atoms. The van der Waals surface area contributed by atoms with Crippen LogP contribution in [0.4, 0.5) is 0 Å². The van der Waals surface area contributed by atoms with Crippen LogP contribution < -0.4 is 0 Å². The molecule has 90 valence electrons. The van der Waals surface area contributed by atoms with Crippen molar-refractivity contribution < 1.29 is 9.59 Å². The molecule has 0 bridgehead atoms. The topological polar surface area (TPSA) is 37.4 Å². The molecule has 0 aromatic heterocycles. The lowest BCUT2D eigenvalue weighted by atomic mass is 10.1. The van der Waals surface area contributed by atoms with Crippen LogP contribution in [0, 0.1) is 11.8 Å². The van der Waals surface area contributed by atoms with Gasteiger partial charge >= 0.3 is 0 Å². The molecule has 0 aromatic carbocycles. The van der Waals surface area contributed by atoms with E-state index in [1.54, 1.807) is 0 Å². The highest BCUT2D eigenvalue weighted by Gasteiger charge is 2.59. The maximum atomic E-state index is 11.8. The Bertz CT molecular complexity index is 280. The predicted molar refractivity (Wildman–Crippen MR) is 61.7 cm³/mol. The van der Waals surface area contributed by atoms with Gasteiger partial charge in [0.05, 0.1) is 11.8 Å². The van der Waals surface area contributed by atoms with Crippen LogP contribution in [0.5, 0.6) is 0 Å². The number of likely N-dealkylation sites (tertiary alicyclic amines) is 1. The number of carbonyl (C=O) groups is 2. The predicted octanol–water partition coefficient (Wildman–Crippen LogP) is 2.35. The molecule has 1 heterocycles. The van der Waals surface area contributed by atoms with Gasteiger partial charge in [-0.25, -0.2) is 0 Å². The first kappa shape index (κ1) is 11.6. The minimum atomic E-state index is 0.0607. The van der Waals surface area contributed by atoms with Gasteiger partial charge in [0.15, 0.2) is 0 Å². The highest BCUT2D eigenvalue weighted by molar-refractivity contribution is 6.09. The molecule has 2 fully saturated rings. The lowest BCUT2D eigenvalue weighted by Crippen LogP contribution is -2.40. The summed E-state index contributed by atoms with van der Waals surface area (Å²) in [5.41, 5.74) is 0. The first-order valence-corrected chi connectivity index (χ1v) is 6.53. The van der Waals surface area contributed by atoms with Crippen LogP contribution >= 0.6 is 0 Å². The zero-order valence-electron chi connectivity index (χ0n) is 10.2. The van der Waals surface area contributed by atoms with Crippen molar-refractivity contribution in [3.05, 3.63) is 0 Å². The summed E-state index contributed by atoms with van der Waals surface area (Å²) in [4.78, 5) is 25.1. The van der Waals surface area contributed by atoms with Crippen LogP contribution in [-0.4, -0.2) is 22.8 Å². The van der Waals surface area contributed by atoms with Crippen molar-refractivity contribution >= 4 is 11.8 Å². The average Bonchev–Trinajstić information content (AvgIpc) is 2.99. The monoisotopic (exact) mass is 223 g/mol. The Morgan fingerprint density at radius 2 is 1.81 bits per heavy atom. The van der Waals surface area contributed by atoms with Crippen LogP contribution in [0.15, 0.2) is 0 Å². The fourth-order valence-electron chi connectivity index (χ4n) is 2.64. The quantitative estimate of drug-likeness (QED) is 0.512. The van der Waals surface area contributed by atoms with E-state index < -0.39 is 0 Å². The Morgan fingerprint density at radius 3 is 2.38 bits per heavy atom. The van der Waals surface area contributed by atoms with Gasteiger partial charge in [-0.2, -0.15) is 0 Å². The molecule has 0 aromatic rings. The van der Waals surface area contributed by atoms with E-state index in [0.29, 0.717) is 0 Å². The van der Waals surface area contributed by atoms with E-state index in [9.17, 15) is 9.59 Å². The second kappa shape index (κ2) is 4.56. The maximum Gasteiger partial charge on any atom is 0.233 e. The van der Waals surface area contributed by atoms with Crippen molar-refractivity contribution in [2.75, 3.05) is 0 Å². The van der Waals surface area contributed by atoms with E-state index >= 15 is 0 Å². The van der Waals surface area contributed by atoms with E-state index in [1.165, 1.54) is 24.2 Å². The first-order chi connectivity index (χ1) is 7.66. The number of piperidine rings is 1. The SMILES string of the molecule is CCCCCCC(C)N1C(=O)C2CC2C1=O. The lowest BCUT2D eigenvalue weighted by molar-refractivity contribution is -0.143. The fraction of sp³-hybridized carbons (Fsp3) is 0.846. The van der Waals surface area contributed by atoms with Gasteiger partial charge in [0.25, 0.3) is 0 Å². The molecule has 0 N–H and O–H groups in total. The Labute approximate surface area is 97.2 Å². The van der Waals surface area contributed by atoms with Crippen molar-refractivity contribution in [2.45, 2.75) is 58.4 Å². The molecule has 1 saturated carbocycles. The van der Waals surface area contributed by atoms with Gasteiger partial charge in [0, 0.05) is 6.04 Å². The number of fused-ring (bicyclic) bond motifs is 1. The van der Waals surface area contributed by atoms with Gasteiger partial charge in [-0.15, -0.1) is 0 Å². The van der Waals surface area contributed by atoms with Crippen molar-refractivity contribution in [1.29, 1.82) is 0 Å². The summed E-state index contributed by atoms with van der Waals surface area (Å²) in [5.74, 6) is 0.312. The van der Waals surface area contributed by atoms with E-state index in [-0.39, 0.29) is 29.7 Å². The van der Waals surface area contributed by atoms with E-state index in [1.807, 2.05) is 6.92 Å². The molecular formula is C13H21NO2. The third-order valence-corrected chi connectivity index (χ3v) is 3.82. The summed E-state index contributed by atoms with van der Waals surface area (Å²) < 4.78 is 0. The minimum absolute atomic E-state index is 0.0607. The largest absolute Gasteiger partial charge is 0.279 e. The number of hydrogen-bond acceptors (Lipinski definition) is 2. The number of amides is 2. The Balaban J connectivity index is 1.79. The maximum absolute atomic E-state index is 11.8. The Morgan fingerprint density at radius 1 is 1.19 bits per heavy atom. The Hall–Kier alpha value is -0.860. The molecule has 0 radical (unpaired) electrons. The molecule has 3 heteroatoms. The van der Waals surface area contributed by atoms with Crippen LogP contribution in [0.2, 0.25) is 0 Å². The number of imide groups is 1. The van der Waals surface area contributed by atoms with Gasteiger partial charge < -0.3 is 0 Å². The van der Waals surface area contributed by atoms with E-state index in [4.69, 9.17) is 0 Å². The molecule has 0 spiro atoms. The van der Waals surface area contributed by atoms with Gasteiger partial charge in [0.1, 0.15) is 0 Å². The standard InChI is InChI=1S/C13H21NO2/c1-3-4-5-6-7-9(2)14-12(15)10-8-11(10)13(14)16/h9-11H,3-8H2,1-2H3. The van der Waals surface area contributed by atoms with Gasteiger partial charge in [0.2, 0.25) is 11.8 Å². The average molecular weight is 223 g/mol. The molecule has 1 saturated heterocycles. The molecule has 2 aliphatic rings. The summed E-state index contributed by atoms with van der Waals surface area (Å²) >= 11 is 0. The van der Waals surface area contributed by atoms with Gasteiger partial charge in [-0.05, 0) is 19.8 Å². The van der Waals surface area contributed by atoms with Crippen molar-refractivity contribution in [2.24, 2.45) is 11.8 Å². The molecule has 3 unspecified atom stereocenters. The molecule has 1 aliphatic carbocycles. The van der Waals surface area contributed by atoms with Crippen molar-refractivity contribution in [3.8, 4) is 0 Å². The van der Waals surface area contributed by atoms with Crippen molar-refractivity contribution in [3.63, 3.8) is 0 Å². The number of hydrogen-bond donors (Lipinski definition) is 0. The highest BCUT2D eigenvalue weighted by Crippen LogP contribution is 2.47. The lowest BCUT2D eigenvalue weighted by Gasteiger charge is -2.24. The molecule has 2 amide bonds. The van der Waals surface area contributed by atoms with Gasteiger partial charge in [-0.3, -0.25) is 14.5 Å². The normalized spacial score (nSPS) is 29.5. The molecule has 1 aliphatic heterocycles. The molecular weight excluding hydrogens is 202 g/mol. The second-order valence-electron chi connectivity index (χ2n) is 5.19. The van der Waals surface area contributed by atoms with E-state index in [2.05, 4.69) is 6.92 Å². The van der Waals surface area contributed by atoms with Crippen LogP contribution in [0.1, 0.15) is 52.4 Å². The van der Waals surface area contributed by atoms with E-state index in [0.717, 1.165) is 19.3 Å². The zero-order valence-corrected chi connectivity index (χ0v) is 10.2. The van der Waals surface area contributed by atoms with Crippen LogP contribution in [0.25, 0.3) is 0 Å². The van der Waals surface area contributed by atoms with Crippen LogP contribution in [-0.2, 0) is 9.59 Å². The number of carbonyl (C=O) groups excluding carboxylic acids is 2. The van der Waals surface area contributed by atoms with Crippen LogP contribution in [0.3, 0.4) is 0 Å². The number of nitrogens with zero attached hydrogens (tertiary/aromatic N) is 1. The Kier molecular flexibility index (Phi) is 3.31. The summed E-state index contributed by atoms with van der Waals surface area (Å²) in [6.45, 7) is 4.19. The molecule has 2 rings (SSSR count). The van der Waals surface area contributed by atoms with Crippen molar-refractivity contribution in [1.82, 2.24) is 4.90 Å².